The van der Waals surface area contributed by atoms with Gasteiger partial charge >= 0.3 is 25.8 Å². The zero-order valence-corrected chi connectivity index (χ0v) is 26.7. The minimum atomic E-state index is 0. The van der Waals surface area contributed by atoms with Crippen molar-refractivity contribution in [1.82, 2.24) is 0 Å². The summed E-state index contributed by atoms with van der Waals surface area (Å²) in [6.45, 7) is 3.14. The summed E-state index contributed by atoms with van der Waals surface area (Å²) in [6, 6.07) is 50.5. The molecule has 0 unspecified atom stereocenters. The molecule has 0 N–H and O–H groups in total. The van der Waals surface area contributed by atoms with Crippen LogP contribution in [0, 0.1) is 0 Å². The van der Waals surface area contributed by atoms with Crippen LogP contribution in [0.25, 0.3) is 21.5 Å². The monoisotopic (exact) mass is 682 g/mol. The summed E-state index contributed by atoms with van der Waals surface area (Å²) < 4.78 is 0. The van der Waals surface area contributed by atoms with Gasteiger partial charge in [0.25, 0.3) is 0 Å². The molecule has 2 nitrogen and oxygen atoms in total. The summed E-state index contributed by atoms with van der Waals surface area (Å²) in [5, 5.41) is 26.0. The maximum absolute atomic E-state index is 8.93. The van der Waals surface area contributed by atoms with Gasteiger partial charge in [-0.3, -0.25) is 0 Å². The first-order chi connectivity index (χ1) is 18.2. The fourth-order valence-corrected chi connectivity index (χ4v) is 4.40. The summed E-state index contributed by atoms with van der Waals surface area (Å²) >= 11 is 0. The van der Waals surface area contributed by atoms with Crippen LogP contribution >= 0.6 is 0 Å². The second kappa shape index (κ2) is 21.1. The van der Waals surface area contributed by atoms with Crippen LogP contribution in [0.1, 0.15) is 13.8 Å². The standard InChI is InChI=1S/C12H10Si.2C9H7.2C2H5O.Hf/c1-3-7-11(8-4-1)13-12-9-5-2-6-10-12;2*1-2-5-9-7-3-6-8(9)4-1;2*1-2-3;/h1-10H;2*1-7H;2*2H2,1H3;/q;4*-1;+4. The zero-order chi connectivity index (χ0) is 26.6. The molecule has 6 aromatic carbocycles. The molecule has 6 rings (SSSR count). The van der Waals surface area contributed by atoms with Crippen molar-refractivity contribution in [3.05, 3.63) is 146 Å². The predicted molar refractivity (Wildman–Crippen MR) is 158 cm³/mol. The third-order valence-electron chi connectivity index (χ3n) is 4.93. The number of hydrogen-bond acceptors (Lipinski definition) is 2. The van der Waals surface area contributed by atoms with Crippen LogP contribution in [0.5, 0.6) is 0 Å². The van der Waals surface area contributed by atoms with Gasteiger partial charge in [0, 0.05) is 0 Å². The van der Waals surface area contributed by atoms with E-state index in [0.717, 1.165) is 9.52 Å². The quantitative estimate of drug-likeness (QED) is 0.187. The number of hydrogen-bond donors (Lipinski definition) is 0. The minimum Gasteiger partial charge on any atom is -0.855 e. The molecule has 0 spiro atoms. The third-order valence-corrected chi connectivity index (χ3v) is 6.18. The van der Waals surface area contributed by atoms with Crippen LogP contribution in [0.4, 0.5) is 0 Å². The van der Waals surface area contributed by atoms with Crippen molar-refractivity contribution in [3.8, 4) is 0 Å². The van der Waals surface area contributed by atoms with E-state index in [-0.39, 0.29) is 39.1 Å². The molecule has 4 heteroatoms. The number of benzene rings is 4. The fourth-order valence-electron chi connectivity index (χ4n) is 3.35. The van der Waals surface area contributed by atoms with Gasteiger partial charge < -0.3 is 10.2 Å². The van der Waals surface area contributed by atoms with Crippen molar-refractivity contribution in [2.45, 2.75) is 13.8 Å². The zero-order valence-electron chi connectivity index (χ0n) is 22.1. The summed E-state index contributed by atoms with van der Waals surface area (Å²) in [7, 11) is 0.777. The topological polar surface area (TPSA) is 46.1 Å². The molecular formula is C34H34HfO2Si. The molecule has 0 aliphatic heterocycles. The first kappa shape index (κ1) is 33.1. The van der Waals surface area contributed by atoms with E-state index in [1.54, 1.807) is 13.8 Å². The van der Waals surface area contributed by atoms with E-state index in [4.69, 9.17) is 10.2 Å². The molecule has 0 amide bonds. The summed E-state index contributed by atoms with van der Waals surface area (Å²) in [6.07, 6.45) is 0. The Kier molecular flexibility index (Phi) is 18.4. The molecule has 190 valence electrons. The Labute approximate surface area is 248 Å². The van der Waals surface area contributed by atoms with E-state index in [0.29, 0.717) is 0 Å². The minimum absolute atomic E-state index is 0. The van der Waals surface area contributed by atoms with E-state index >= 15 is 0 Å². The molecule has 2 radical (unpaired) electrons. The summed E-state index contributed by atoms with van der Waals surface area (Å²) in [5.74, 6) is 0. The van der Waals surface area contributed by atoms with Gasteiger partial charge in [-0.05, 0) is 0 Å². The molecule has 0 saturated carbocycles. The van der Waals surface area contributed by atoms with Gasteiger partial charge in [-0.15, -0.1) is 72.5 Å². The van der Waals surface area contributed by atoms with Crippen LogP contribution in [0.3, 0.4) is 0 Å². The molecular weight excluding hydrogens is 647 g/mol. The first-order valence-electron chi connectivity index (χ1n) is 12.5. The maximum atomic E-state index is 8.93. The Morgan fingerprint density at radius 1 is 0.500 bits per heavy atom. The van der Waals surface area contributed by atoms with E-state index in [2.05, 4.69) is 146 Å². The molecule has 6 aromatic rings. The number of fused-ring (bicyclic) bond motifs is 2. The van der Waals surface area contributed by atoms with Gasteiger partial charge in [-0.1, -0.05) is 97.0 Å². The van der Waals surface area contributed by atoms with Crippen LogP contribution in [0.15, 0.2) is 146 Å². The van der Waals surface area contributed by atoms with E-state index < -0.39 is 0 Å². The third kappa shape index (κ3) is 13.1. The second-order valence-corrected chi connectivity index (χ2v) is 9.15. The van der Waals surface area contributed by atoms with Gasteiger partial charge in [0.15, 0.2) is 0 Å². The number of rotatable bonds is 2. The van der Waals surface area contributed by atoms with Crippen molar-refractivity contribution < 1.29 is 36.1 Å². The Morgan fingerprint density at radius 2 is 0.816 bits per heavy atom. The molecule has 0 aliphatic rings. The molecule has 0 heterocycles. The Balaban J connectivity index is 0.000000259. The van der Waals surface area contributed by atoms with Gasteiger partial charge in [0.05, 0.1) is 0 Å². The van der Waals surface area contributed by atoms with Crippen molar-refractivity contribution in [3.63, 3.8) is 0 Å². The van der Waals surface area contributed by atoms with E-state index in [1.807, 2.05) is 0 Å². The van der Waals surface area contributed by atoms with Crippen LogP contribution in [-0.2, 0) is 25.8 Å². The van der Waals surface area contributed by atoms with E-state index in [9.17, 15) is 0 Å². The summed E-state index contributed by atoms with van der Waals surface area (Å²) in [4.78, 5) is 0. The summed E-state index contributed by atoms with van der Waals surface area (Å²) in [5.41, 5.74) is 0. The normalized spacial score (nSPS) is 9.16. The van der Waals surface area contributed by atoms with Gasteiger partial charge in [-0.25, -0.2) is 0 Å². The molecule has 0 aliphatic carbocycles. The Bertz CT molecular complexity index is 1180. The van der Waals surface area contributed by atoms with Gasteiger partial charge in [-0.2, -0.15) is 35.0 Å². The van der Waals surface area contributed by atoms with Crippen LogP contribution in [-0.4, -0.2) is 22.7 Å². The van der Waals surface area contributed by atoms with Gasteiger partial charge in [0.1, 0.15) is 9.52 Å². The largest absolute Gasteiger partial charge is 4.00 e. The average molecular weight is 681 g/mol. The predicted octanol–water partition coefficient (Wildman–Crippen LogP) is 5.19. The Hall–Kier alpha value is -2.89. The molecule has 0 fully saturated rings. The Morgan fingerprint density at radius 3 is 1.16 bits per heavy atom. The van der Waals surface area contributed by atoms with Crippen molar-refractivity contribution in [1.29, 1.82) is 0 Å². The smallest absolute Gasteiger partial charge is 0.855 e. The van der Waals surface area contributed by atoms with Crippen LogP contribution < -0.4 is 20.6 Å². The molecule has 0 saturated heterocycles. The van der Waals surface area contributed by atoms with Gasteiger partial charge in [0.2, 0.25) is 0 Å². The SMILES string of the molecule is CC[O-].CC[O-].[Hf+4].c1ccc([Si]c2ccccc2)cc1.c1ccc2[cH-]ccc2c1.c1ccc2[cH-]ccc2c1. The average Bonchev–Trinajstić information content (AvgIpc) is 3.61. The fraction of sp³-hybridized carbons (Fsp3) is 0.118. The maximum Gasteiger partial charge on any atom is 4.00 e. The van der Waals surface area contributed by atoms with Crippen molar-refractivity contribution >= 4 is 41.4 Å². The molecule has 38 heavy (non-hydrogen) atoms. The van der Waals surface area contributed by atoms with Crippen molar-refractivity contribution in [2.75, 3.05) is 13.2 Å². The van der Waals surface area contributed by atoms with Crippen LogP contribution in [0.2, 0.25) is 0 Å². The molecule has 0 atom stereocenters. The first-order valence-corrected chi connectivity index (χ1v) is 13.5. The second-order valence-electron chi connectivity index (χ2n) is 7.74. The van der Waals surface area contributed by atoms with Crippen molar-refractivity contribution in [2.24, 2.45) is 0 Å². The molecule has 0 bridgehead atoms. The van der Waals surface area contributed by atoms with E-state index in [1.165, 1.54) is 31.9 Å². The molecule has 0 aromatic heterocycles.